The Kier molecular flexibility index (Phi) is 4.33. The van der Waals surface area contributed by atoms with Crippen LogP contribution in [0.5, 0.6) is 11.5 Å². The Balaban J connectivity index is 1.96. The number of ether oxygens (including phenoxy) is 2. The zero-order chi connectivity index (χ0) is 14.8. The largest absolute Gasteiger partial charge is 0.496 e. The quantitative estimate of drug-likeness (QED) is 0.565. The standard InChI is InChI=1S/C16H25N3O2/c1-18-6-8-19(9-7-18)13-11-17-10-12-14(20-2)4-5-15(21-3)16(12)13/h4-5,13,17H,6-11H2,1-3H3/p+3/t13-/m1/s1. The van der Waals surface area contributed by atoms with E-state index in [1.807, 2.05) is 6.07 Å². The molecular weight excluding hydrogens is 266 g/mol. The predicted molar refractivity (Wildman–Crippen MR) is 80.1 cm³/mol. The number of fused-ring (bicyclic) bond motifs is 1. The number of hydrogen-bond acceptors (Lipinski definition) is 2. The van der Waals surface area contributed by atoms with Gasteiger partial charge in [0.05, 0.1) is 32.4 Å². The van der Waals surface area contributed by atoms with E-state index in [0.29, 0.717) is 6.04 Å². The highest BCUT2D eigenvalue weighted by Gasteiger charge is 2.38. The Labute approximate surface area is 126 Å². The maximum Gasteiger partial charge on any atom is 0.167 e. The van der Waals surface area contributed by atoms with Crippen LogP contribution in [-0.4, -0.2) is 54.0 Å². The average molecular weight is 294 g/mol. The molecule has 0 spiro atoms. The molecule has 1 atom stereocenters. The Morgan fingerprint density at radius 2 is 1.71 bits per heavy atom. The number of nitrogens with two attached hydrogens (primary N) is 1. The number of hydrogen-bond donors (Lipinski definition) is 3. The summed E-state index contributed by atoms with van der Waals surface area (Å²) in [4.78, 5) is 3.35. The van der Waals surface area contributed by atoms with E-state index in [1.54, 1.807) is 24.0 Å². The van der Waals surface area contributed by atoms with Crippen LogP contribution in [0.25, 0.3) is 0 Å². The van der Waals surface area contributed by atoms with Crippen molar-refractivity contribution >= 4 is 0 Å². The normalized spacial score (nSPS) is 28.8. The van der Waals surface area contributed by atoms with E-state index in [2.05, 4.69) is 18.4 Å². The number of rotatable bonds is 3. The van der Waals surface area contributed by atoms with E-state index < -0.39 is 0 Å². The summed E-state index contributed by atoms with van der Waals surface area (Å²) in [6.07, 6.45) is 0. The third kappa shape index (κ3) is 2.73. The van der Waals surface area contributed by atoms with Crippen LogP contribution in [0.15, 0.2) is 12.1 Å². The molecule has 0 bridgehead atoms. The van der Waals surface area contributed by atoms with Crippen LogP contribution in [0, 0.1) is 0 Å². The van der Waals surface area contributed by atoms with Crippen molar-refractivity contribution in [2.45, 2.75) is 12.6 Å². The number of methoxy groups -OCH3 is 2. The number of likely N-dealkylation sites (N-methyl/N-ethyl adjacent to an activating group) is 1. The molecule has 0 amide bonds. The van der Waals surface area contributed by atoms with Gasteiger partial charge in [0.2, 0.25) is 0 Å². The molecule has 1 fully saturated rings. The van der Waals surface area contributed by atoms with Gasteiger partial charge in [-0.3, -0.25) is 0 Å². The van der Waals surface area contributed by atoms with Gasteiger partial charge in [-0.15, -0.1) is 0 Å². The Bertz CT molecular complexity index is 499. The van der Waals surface area contributed by atoms with Gasteiger partial charge >= 0.3 is 0 Å². The number of quaternary nitrogens is 3. The minimum absolute atomic E-state index is 0.520. The highest BCUT2D eigenvalue weighted by Crippen LogP contribution is 2.34. The van der Waals surface area contributed by atoms with Crippen LogP contribution >= 0.6 is 0 Å². The molecule has 0 aromatic heterocycles. The van der Waals surface area contributed by atoms with Crippen molar-refractivity contribution in [3.05, 3.63) is 23.3 Å². The molecule has 1 saturated heterocycles. The highest BCUT2D eigenvalue weighted by atomic mass is 16.5. The lowest BCUT2D eigenvalue weighted by molar-refractivity contribution is -1.03. The van der Waals surface area contributed by atoms with E-state index >= 15 is 0 Å². The fraction of sp³-hybridized carbons (Fsp3) is 0.625. The van der Waals surface area contributed by atoms with Crippen LogP contribution in [0.3, 0.4) is 0 Å². The first-order valence-electron chi connectivity index (χ1n) is 7.96. The summed E-state index contributed by atoms with van der Waals surface area (Å²) < 4.78 is 11.2. The molecule has 5 nitrogen and oxygen atoms in total. The van der Waals surface area contributed by atoms with Gasteiger partial charge in [0.15, 0.2) is 6.04 Å². The van der Waals surface area contributed by atoms with Gasteiger partial charge in [-0.05, 0) is 12.1 Å². The second-order valence-electron chi connectivity index (χ2n) is 6.26. The van der Waals surface area contributed by atoms with E-state index in [0.717, 1.165) is 24.6 Å². The van der Waals surface area contributed by atoms with E-state index in [-0.39, 0.29) is 0 Å². The molecule has 0 saturated carbocycles. The maximum atomic E-state index is 5.67. The monoisotopic (exact) mass is 294 g/mol. The van der Waals surface area contributed by atoms with E-state index in [4.69, 9.17) is 9.47 Å². The molecule has 0 unspecified atom stereocenters. The van der Waals surface area contributed by atoms with Gasteiger partial charge < -0.3 is 24.6 Å². The summed E-state index contributed by atoms with van der Waals surface area (Å²) in [5.41, 5.74) is 2.71. The molecule has 3 rings (SSSR count). The lowest BCUT2D eigenvalue weighted by Crippen LogP contribution is -3.28. The Hall–Kier alpha value is -1.30. The topological polar surface area (TPSA) is 43.9 Å². The third-order valence-electron chi connectivity index (χ3n) is 5.05. The Morgan fingerprint density at radius 3 is 2.38 bits per heavy atom. The minimum atomic E-state index is 0.520. The first kappa shape index (κ1) is 14.6. The predicted octanol–water partition coefficient (Wildman–Crippen LogP) is -2.76. The number of piperazine rings is 1. The minimum Gasteiger partial charge on any atom is -0.496 e. The third-order valence-corrected chi connectivity index (χ3v) is 5.05. The summed E-state index contributed by atoms with van der Waals surface area (Å²) >= 11 is 0. The van der Waals surface area contributed by atoms with Crippen LogP contribution in [0.2, 0.25) is 0 Å². The SMILES string of the molecule is COc1ccc(OC)c2c1C[NH2+]C[C@H]2[NH+]1CC[NH+](C)CC1. The van der Waals surface area contributed by atoms with Crippen LogP contribution < -0.4 is 24.6 Å². The molecule has 2 heterocycles. The molecule has 1 aromatic carbocycles. The summed E-state index contributed by atoms with van der Waals surface area (Å²) in [5, 5.41) is 2.41. The second-order valence-corrected chi connectivity index (χ2v) is 6.26. The molecule has 21 heavy (non-hydrogen) atoms. The van der Waals surface area contributed by atoms with Crippen LogP contribution in [0.4, 0.5) is 0 Å². The molecule has 4 N–H and O–H groups in total. The molecule has 5 heteroatoms. The van der Waals surface area contributed by atoms with Crippen LogP contribution in [0.1, 0.15) is 17.2 Å². The summed E-state index contributed by atoms with van der Waals surface area (Å²) in [6.45, 7) is 7.13. The van der Waals surface area contributed by atoms with Crippen molar-refractivity contribution in [3.63, 3.8) is 0 Å². The second kappa shape index (κ2) is 6.22. The summed E-state index contributed by atoms with van der Waals surface area (Å²) in [7, 11) is 5.83. The van der Waals surface area contributed by atoms with Crippen molar-refractivity contribution in [1.82, 2.24) is 0 Å². The first-order chi connectivity index (χ1) is 10.2. The summed E-state index contributed by atoms with van der Waals surface area (Å²) in [6, 6.07) is 4.63. The fourth-order valence-electron chi connectivity index (χ4n) is 3.81. The first-order valence-corrected chi connectivity index (χ1v) is 7.96. The average Bonchev–Trinajstić information content (AvgIpc) is 2.54. The van der Waals surface area contributed by atoms with Gasteiger partial charge in [0.25, 0.3) is 0 Å². The molecule has 2 aliphatic heterocycles. The zero-order valence-electron chi connectivity index (χ0n) is 13.4. The van der Waals surface area contributed by atoms with Crippen LogP contribution in [-0.2, 0) is 6.54 Å². The van der Waals surface area contributed by atoms with Crippen molar-refractivity contribution in [2.75, 3.05) is 54.0 Å². The molecule has 116 valence electrons. The highest BCUT2D eigenvalue weighted by molar-refractivity contribution is 5.50. The van der Waals surface area contributed by atoms with Gasteiger partial charge in [-0.25, -0.2) is 0 Å². The van der Waals surface area contributed by atoms with Crippen molar-refractivity contribution in [2.24, 2.45) is 0 Å². The molecule has 0 radical (unpaired) electrons. The Morgan fingerprint density at radius 1 is 1.05 bits per heavy atom. The maximum absolute atomic E-state index is 5.67. The van der Waals surface area contributed by atoms with E-state index in [1.165, 1.54) is 37.3 Å². The number of nitrogens with one attached hydrogen (secondary N) is 2. The van der Waals surface area contributed by atoms with Crippen molar-refractivity contribution in [3.8, 4) is 11.5 Å². The molecule has 1 aromatic rings. The molecular formula is C16H28N3O2+3. The van der Waals surface area contributed by atoms with Gasteiger partial charge in [-0.1, -0.05) is 0 Å². The lowest BCUT2D eigenvalue weighted by Gasteiger charge is -2.35. The van der Waals surface area contributed by atoms with Gasteiger partial charge in [0, 0.05) is 0 Å². The molecule has 2 aliphatic rings. The van der Waals surface area contributed by atoms with Crippen molar-refractivity contribution in [1.29, 1.82) is 0 Å². The van der Waals surface area contributed by atoms with Gasteiger partial charge in [0.1, 0.15) is 50.8 Å². The smallest absolute Gasteiger partial charge is 0.167 e. The van der Waals surface area contributed by atoms with E-state index in [9.17, 15) is 0 Å². The lowest BCUT2D eigenvalue weighted by atomic mass is 9.93. The van der Waals surface area contributed by atoms with Crippen molar-refractivity contribution < 1.29 is 24.6 Å². The fourth-order valence-corrected chi connectivity index (χ4v) is 3.81. The molecule has 0 aliphatic carbocycles. The summed E-state index contributed by atoms with van der Waals surface area (Å²) in [5.74, 6) is 2.04. The zero-order valence-corrected chi connectivity index (χ0v) is 13.4. The van der Waals surface area contributed by atoms with Gasteiger partial charge in [-0.2, -0.15) is 0 Å². The number of benzene rings is 1.